The molecule has 146 valence electrons. The van der Waals surface area contributed by atoms with Gasteiger partial charge >= 0.3 is 6.36 Å². The number of nitrogens with one attached hydrogen (secondary N) is 1. The monoisotopic (exact) mass is 384 g/mol. The van der Waals surface area contributed by atoms with Crippen molar-refractivity contribution < 1.29 is 27.0 Å². The Labute approximate surface area is 154 Å². The van der Waals surface area contributed by atoms with Crippen LogP contribution in [0.4, 0.5) is 17.6 Å². The van der Waals surface area contributed by atoms with E-state index < -0.39 is 12.2 Å². The van der Waals surface area contributed by atoms with Gasteiger partial charge in [-0.3, -0.25) is 4.90 Å². The molecule has 0 bridgehead atoms. The van der Waals surface area contributed by atoms with Gasteiger partial charge in [0.15, 0.2) is 0 Å². The fourth-order valence-electron chi connectivity index (χ4n) is 3.29. The van der Waals surface area contributed by atoms with Crippen LogP contribution < -0.4 is 14.8 Å². The van der Waals surface area contributed by atoms with Crippen LogP contribution in [0.1, 0.15) is 17.2 Å². The summed E-state index contributed by atoms with van der Waals surface area (Å²) in [7, 11) is 1.47. The Balaban J connectivity index is 1.98. The van der Waals surface area contributed by atoms with Gasteiger partial charge in [0.25, 0.3) is 0 Å². The Hall–Kier alpha value is -2.32. The van der Waals surface area contributed by atoms with Gasteiger partial charge in [0.2, 0.25) is 0 Å². The summed E-state index contributed by atoms with van der Waals surface area (Å²) in [5.41, 5.74) is 1.53. The van der Waals surface area contributed by atoms with Crippen molar-refractivity contribution >= 4 is 0 Å². The van der Waals surface area contributed by atoms with Gasteiger partial charge in [-0.1, -0.05) is 18.2 Å². The van der Waals surface area contributed by atoms with E-state index in [1.54, 1.807) is 18.2 Å². The highest BCUT2D eigenvalue weighted by Gasteiger charge is 2.31. The number of methoxy groups -OCH3 is 1. The summed E-state index contributed by atoms with van der Waals surface area (Å²) >= 11 is 0. The SMILES string of the molecule is COc1cc(F)ccc1[C@H](c1ccc(OC(F)(F)F)cc1)N1CCNCC1. The number of benzene rings is 2. The number of hydrogen-bond donors (Lipinski definition) is 1. The van der Waals surface area contributed by atoms with Crippen molar-refractivity contribution in [1.82, 2.24) is 10.2 Å². The molecule has 3 rings (SSSR count). The average Bonchev–Trinajstić information content (AvgIpc) is 2.64. The van der Waals surface area contributed by atoms with Crippen molar-refractivity contribution in [2.75, 3.05) is 33.3 Å². The molecule has 2 aromatic carbocycles. The van der Waals surface area contributed by atoms with Crippen molar-refractivity contribution in [2.45, 2.75) is 12.4 Å². The Morgan fingerprint density at radius 1 is 1.04 bits per heavy atom. The molecule has 1 aliphatic rings. The second-order valence-electron chi connectivity index (χ2n) is 6.19. The third kappa shape index (κ3) is 4.90. The topological polar surface area (TPSA) is 33.7 Å². The quantitative estimate of drug-likeness (QED) is 0.797. The normalized spacial score (nSPS) is 16.8. The van der Waals surface area contributed by atoms with Crippen LogP contribution in [0.3, 0.4) is 0 Å². The van der Waals surface area contributed by atoms with E-state index in [-0.39, 0.29) is 11.8 Å². The summed E-state index contributed by atoms with van der Waals surface area (Å²) in [6, 6.07) is 9.80. The fraction of sp³-hybridized carbons (Fsp3) is 0.368. The first-order valence-electron chi connectivity index (χ1n) is 8.51. The minimum Gasteiger partial charge on any atom is -0.496 e. The molecule has 0 unspecified atom stereocenters. The molecular weight excluding hydrogens is 364 g/mol. The molecule has 0 amide bonds. The first-order valence-corrected chi connectivity index (χ1v) is 8.51. The maximum absolute atomic E-state index is 13.6. The molecule has 0 saturated carbocycles. The summed E-state index contributed by atoms with van der Waals surface area (Å²) in [6.45, 7) is 3.06. The van der Waals surface area contributed by atoms with Crippen molar-refractivity contribution in [3.8, 4) is 11.5 Å². The highest BCUT2D eigenvalue weighted by Crippen LogP contribution is 2.36. The number of rotatable bonds is 5. The summed E-state index contributed by atoms with van der Waals surface area (Å²) < 4.78 is 60.1. The standard InChI is InChI=1S/C19H20F4N2O2/c1-26-17-12-14(20)4-7-16(17)18(25-10-8-24-9-11-25)13-2-5-15(6-3-13)27-19(21,22)23/h2-7,12,18,24H,8-11H2,1H3/t18-/m0/s1. The maximum atomic E-state index is 13.6. The van der Waals surface area contributed by atoms with Crippen LogP contribution in [-0.2, 0) is 0 Å². The predicted molar refractivity (Wildman–Crippen MR) is 92.4 cm³/mol. The smallest absolute Gasteiger partial charge is 0.496 e. The van der Waals surface area contributed by atoms with Crippen molar-refractivity contribution in [1.29, 1.82) is 0 Å². The lowest BCUT2D eigenvalue weighted by atomic mass is 9.95. The first-order chi connectivity index (χ1) is 12.9. The minimum absolute atomic E-state index is 0.275. The molecule has 0 spiro atoms. The molecule has 2 aromatic rings. The van der Waals surface area contributed by atoms with Gasteiger partial charge in [0.1, 0.15) is 17.3 Å². The molecule has 1 atom stereocenters. The molecule has 1 aliphatic heterocycles. The van der Waals surface area contributed by atoms with Crippen LogP contribution in [0.25, 0.3) is 0 Å². The Kier molecular flexibility index (Phi) is 5.86. The molecule has 1 heterocycles. The van der Waals surface area contributed by atoms with Gasteiger partial charge in [-0.05, 0) is 23.8 Å². The van der Waals surface area contributed by atoms with Gasteiger partial charge in [0.05, 0.1) is 13.2 Å². The minimum atomic E-state index is -4.74. The number of ether oxygens (including phenoxy) is 2. The van der Waals surface area contributed by atoms with Crippen LogP contribution in [-0.4, -0.2) is 44.6 Å². The summed E-state index contributed by atoms with van der Waals surface area (Å²) in [5, 5.41) is 3.27. The molecule has 1 saturated heterocycles. The molecule has 27 heavy (non-hydrogen) atoms. The van der Waals surface area contributed by atoms with Crippen molar-refractivity contribution in [3.63, 3.8) is 0 Å². The van der Waals surface area contributed by atoms with E-state index in [1.807, 2.05) is 0 Å². The van der Waals surface area contributed by atoms with E-state index in [4.69, 9.17) is 4.74 Å². The van der Waals surface area contributed by atoms with Gasteiger partial charge in [-0.2, -0.15) is 0 Å². The van der Waals surface area contributed by atoms with E-state index in [1.165, 1.54) is 31.4 Å². The lowest BCUT2D eigenvalue weighted by Gasteiger charge is -2.36. The summed E-state index contributed by atoms with van der Waals surface area (Å²) in [6.07, 6.45) is -4.74. The van der Waals surface area contributed by atoms with Gasteiger partial charge < -0.3 is 14.8 Å². The zero-order chi connectivity index (χ0) is 19.4. The molecule has 0 aromatic heterocycles. The lowest BCUT2D eigenvalue weighted by molar-refractivity contribution is -0.274. The van der Waals surface area contributed by atoms with Crippen LogP contribution in [0.15, 0.2) is 42.5 Å². The summed E-state index contributed by atoms with van der Waals surface area (Å²) in [5.74, 6) is -0.297. The van der Waals surface area contributed by atoms with Crippen molar-refractivity contribution in [3.05, 3.63) is 59.4 Å². The number of halogens is 4. The largest absolute Gasteiger partial charge is 0.573 e. The van der Waals surface area contributed by atoms with Crippen LogP contribution in [0.5, 0.6) is 11.5 Å². The van der Waals surface area contributed by atoms with Crippen LogP contribution >= 0.6 is 0 Å². The zero-order valence-electron chi connectivity index (χ0n) is 14.7. The van der Waals surface area contributed by atoms with Gasteiger partial charge in [0, 0.05) is 37.8 Å². The van der Waals surface area contributed by atoms with Gasteiger partial charge in [-0.15, -0.1) is 13.2 Å². The predicted octanol–water partition coefficient (Wildman–Crippen LogP) is 3.73. The van der Waals surface area contributed by atoms with Crippen LogP contribution in [0.2, 0.25) is 0 Å². The number of hydrogen-bond acceptors (Lipinski definition) is 4. The molecule has 1 N–H and O–H groups in total. The highest BCUT2D eigenvalue weighted by atomic mass is 19.4. The van der Waals surface area contributed by atoms with E-state index in [9.17, 15) is 17.6 Å². The molecule has 1 fully saturated rings. The van der Waals surface area contributed by atoms with E-state index in [0.29, 0.717) is 5.75 Å². The van der Waals surface area contributed by atoms with Crippen LogP contribution in [0, 0.1) is 5.82 Å². The average molecular weight is 384 g/mol. The maximum Gasteiger partial charge on any atom is 0.573 e. The molecule has 4 nitrogen and oxygen atoms in total. The highest BCUT2D eigenvalue weighted by molar-refractivity contribution is 5.43. The second-order valence-corrected chi connectivity index (χ2v) is 6.19. The first kappa shape index (κ1) is 19.4. The molecular formula is C19H20F4N2O2. The number of nitrogens with zero attached hydrogens (tertiary/aromatic N) is 1. The third-order valence-corrected chi connectivity index (χ3v) is 4.44. The van der Waals surface area contributed by atoms with Crippen molar-refractivity contribution in [2.24, 2.45) is 0 Å². The molecule has 8 heteroatoms. The van der Waals surface area contributed by atoms with E-state index in [0.717, 1.165) is 37.3 Å². The fourth-order valence-corrected chi connectivity index (χ4v) is 3.29. The Morgan fingerprint density at radius 3 is 2.30 bits per heavy atom. The summed E-state index contributed by atoms with van der Waals surface area (Å²) in [4.78, 5) is 2.19. The number of piperazine rings is 1. The molecule has 0 radical (unpaired) electrons. The zero-order valence-corrected chi connectivity index (χ0v) is 14.7. The lowest BCUT2D eigenvalue weighted by Crippen LogP contribution is -2.45. The molecule has 0 aliphatic carbocycles. The Morgan fingerprint density at radius 2 is 1.70 bits per heavy atom. The van der Waals surface area contributed by atoms with Gasteiger partial charge in [-0.25, -0.2) is 4.39 Å². The second kappa shape index (κ2) is 8.14. The van der Waals surface area contributed by atoms with E-state index >= 15 is 0 Å². The number of alkyl halides is 3. The third-order valence-electron chi connectivity index (χ3n) is 4.44. The Bertz CT molecular complexity index is 759. The van der Waals surface area contributed by atoms with E-state index in [2.05, 4.69) is 15.0 Å².